The molecule has 8 nitrogen and oxygen atoms in total. The van der Waals surface area contributed by atoms with E-state index in [1.54, 1.807) is 30.6 Å². The lowest BCUT2D eigenvalue weighted by atomic mass is 9.76. The number of ketones is 1. The molecule has 0 radical (unpaired) electrons. The number of nitriles is 1. The molecule has 1 unspecified atom stereocenters. The van der Waals surface area contributed by atoms with Crippen molar-refractivity contribution in [1.29, 1.82) is 5.26 Å². The molecule has 1 aliphatic carbocycles. The number of allylic oxidation sites excluding steroid dienone is 3. The Kier molecular flexibility index (Phi) is 4.79. The van der Waals surface area contributed by atoms with E-state index >= 15 is 0 Å². The van der Waals surface area contributed by atoms with Crippen molar-refractivity contribution in [3.63, 3.8) is 0 Å². The number of Topliss-reactive ketones (excluding diaryl/α,β-unsaturated/α-hetero) is 1. The molecule has 0 bridgehead atoms. The Balaban J connectivity index is 1.81. The van der Waals surface area contributed by atoms with Gasteiger partial charge in [-0.25, -0.2) is 5.01 Å². The highest BCUT2D eigenvalue weighted by molar-refractivity contribution is 6.00. The number of carbonyl (C=O) groups is 2. The number of aromatic nitrogens is 2. The standard InChI is InChI=1S/C21H18N6O2/c22-11-15-18(14-3-2-8-25-12-14)19-16(4-1-5-17(19)28)27(20(15)23)26-21(29)13-6-9-24-10-7-13/h2-3,6-10,12,18H,1,4-5,23H2,(H,26,29). The minimum atomic E-state index is -0.592. The van der Waals surface area contributed by atoms with Crippen LogP contribution in [0.5, 0.6) is 0 Å². The van der Waals surface area contributed by atoms with Crippen LogP contribution in [0.25, 0.3) is 0 Å². The Morgan fingerprint density at radius 1 is 1.21 bits per heavy atom. The van der Waals surface area contributed by atoms with Gasteiger partial charge in [0, 0.05) is 48.0 Å². The van der Waals surface area contributed by atoms with Crippen LogP contribution in [-0.4, -0.2) is 26.7 Å². The molecule has 29 heavy (non-hydrogen) atoms. The molecule has 3 N–H and O–H groups in total. The maximum atomic E-state index is 12.9. The highest BCUT2D eigenvalue weighted by atomic mass is 16.2. The SMILES string of the molecule is N#CC1=C(N)N(NC(=O)c2ccncc2)C2=C(C(=O)CCC2)C1c1cccnc1. The first-order valence-corrected chi connectivity index (χ1v) is 9.19. The zero-order valence-corrected chi connectivity index (χ0v) is 15.5. The summed E-state index contributed by atoms with van der Waals surface area (Å²) in [6, 6.07) is 8.86. The summed E-state index contributed by atoms with van der Waals surface area (Å²) in [5.41, 5.74) is 11.5. The molecule has 1 atom stereocenters. The fraction of sp³-hybridized carbons (Fsp3) is 0.190. The fourth-order valence-electron chi connectivity index (χ4n) is 3.76. The number of carbonyl (C=O) groups excluding carboxylic acids is 2. The largest absolute Gasteiger partial charge is 0.383 e. The van der Waals surface area contributed by atoms with Crippen molar-refractivity contribution in [2.75, 3.05) is 0 Å². The molecular formula is C21H18N6O2. The average Bonchev–Trinajstić information content (AvgIpc) is 2.76. The molecule has 2 aliphatic rings. The number of pyridine rings is 2. The number of hydrazine groups is 1. The lowest BCUT2D eigenvalue weighted by Gasteiger charge is -2.39. The van der Waals surface area contributed by atoms with E-state index in [0.29, 0.717) is 36.1 Å². The maximum absolute atomic E-state index is 12.9. The van der Waals surface area contributed by atoms with Crippen molar-refractivity contribution in [2.45, 2.75) is 25.2 Å². The topological polar surface area (TPSA) is 125 Å². The van der Waals surface area contributed by atoms with Crippen LogP contribution in [0.2, 0.25) is 0 Å². The van der Waals surface area contributed by atoms with Gasteiger partial charge in [0.25, 0.3) is 5.91 Å². The quantitative estimate of drug-likeness (QED) is 0.825. The second-order valence-electron chi connectivity index (χ2n) is 6.78. The minimum absolute atomic E-state index is 0.0523. The van der Waals surface area contributed by atoms with Crippen LogP contribution in [-0.2, 0) is 4.79 Å². The van der Waals surface area contributed by atoms with Crippen LogP contribution in [0, 0.1) is 11.3 Å². The number of rotatable bonds is 3. The summed E-state index contributed by atoms with van der Waals surface area (Å²) in [5.74, 6) is -0.941. The number of nitrogens with zero attached hydrogens (tertiary/aromatic N) is 4. The third kappa shape index (κ3) is 3.23. The molecule has 4 rings (SSSR count). The Bertz CT molecular complexity index is 1070. The molecule has 8 heteroatoms. The molecule has 1 aliphatic heterocycles. The van der Waals surface area contributed by atoms with E-state index in [0.717, 1.165) is 5.56 Å². The van der Waals surface area contributed by atoms with Gasteiger partial charge in [0.15, 0.2) is 5.78 Å². The minimum Gasteiger partial charge on any atom is -0.383 e. The lowest BCUT2D eigenvalue weighted by molar-refractivity contribution is -0.116. The molecular weight excluding hydrogens is 368 g/mol. The van der Waals surface area contributed by atoms with Crippen molar-refractivity contribution in [3.8, 4) is 6.07 Å². The lowest BCUT2D eigenvalue weighted by Crippen LogP contribution is -2.48. The normalized spacial score (nSPS) is 18.9. The molecule has 144 valence electrons. The van der Waals surface area contributed by atoms with Gasteiger partial charge in [0.2, 0.25) is 0 Å². The third-order valence-electron chi connectivity index (χ3n) is 5.09. The third-order valence-corrected chi connectivity index (χ3v) is 5.09. The highest BCUT2D eigenvalue weighted by Crippen LogP contribution is 2.43. The predicted molar refractivity (Wildman–Crippen MR) is 103 cm³/mol. The Morgan fingerprint density at radius 3 is 2.69 bits per heavy atom. The first-order valence-electron chi connectivity index (χ1n) is 9.19. The van der Waals surface area contributed by atoms with Crippen molar-refractivity contribution in [1.82, 2.24) is 20.4 Å². The smallest absolute Gasteiger partial charge is 0.270 e. The van der Waals surface area contributed by atoms with E-state index in [1.165, 1.54) is 17.4 Å². The summed E-state index contributed by atoms with van der Waals surface area (Å²) >= 11 is 0. The Morgan fingerprint density at radius 2 is 2.00 bits per heavy atom. The van der Waals surface area contributed by atoms with Gasteiger partial charge in [-0.15, -0.1) is 0 Å². The van der Waals surface area contributed by atoms with E-state index in [9.17, 15) is 14.9 Å². The number of nitrogens with one attached hydrogen (secondary N) is 1. The van der Waals surface area contributed by atoms with Crippen molar-refractivity contribution in [2.24, 2.45) is 5.73 Å². The van der Waals surface area contributed by atoms with Gasteiger partial charge < -0.3 is 5.73 Å². The van der Waals surface area contributed by atoms with Crippen LogP contribution in [0.1, 0.15) is 41.1 Å². The van der Waals surface area contributed by atoms with Gasteiger partial charge in [-0.1, -0.05) is 6.07 Å². The van der Waals surface area contributed by atoms with Gasteiger partial charge in [-0.3, -0.25) is 25.0 Å². The molecule has 1 amide bonds. The van der Waals surface area contributed by atoms with Gasteiger partial charge in [0.1, 0.15) is 5.82 Å². The maximum Gasteiger partial charge on any atom is 0.270 e. The fourth-order valence-corrected chi connectivity index (χ4v) is 3.76. The van der Waals surface area contributed by atoms with Crippen LogP contribution in [0.3, 0.4) is 0 Å². The Hall–Kier alpha value is -3.99. The summed E-state index contributed by atoms with van der Waals surface area (Å²) in [6.07, 6.45) is 7.89. The van der Waals surface area contributed by atoms with Gasteiger partial charge in [-0.2, -0.15) is 5.26 Å². The van der Waals surface area contributed by atoms with Crippen molar-refractivity contribution in [3.05, 3.63) is 82.8 Å². The first kappa shape index (κ1) is 18.4. The van der Waals surface area contributed by atoms with Crippen molar-refractivity contribution < 1.29 is 9.59 Å². The number of nitrogens with two attached hydrogens (primary N) is 1. The summed E-state index contributed by atoms with van der Waals surface area (Å²) in [6.45, 7) is 0. The molecule has 3 heterocycles. The van der Waals surface area contributed by atoms with E-state index in [2.05, 4.69) is 21.5 Å². The molecule has 0 saturated heterocycles. The van der Waals surface area contributed by atoms with Crippen LogP contribution >= 0.6 is 0 Å². The van der Waals surface area contributed by atoms with Crippen LogP contribution < -0.4 is 11.2 Å². The van der Waals surface area contributed by atoms with E-state index in [4.69, 9.17) is 5.73 Å². The summed E-state index contributed by atoms with van der Waals surface area (Å²) in [7, 11) is 0. The van der Waals surface area contributed by atoms with Crippen LogP contribution in [0.4, 0.5) is 0 Å². The second kappa shape index (κ2) is 7.56. The first-order chi connectivity index (χ1) is 14.1. The zero-order chi connectivity index (χ0) is 20.4. The second-order valence-corrected chi connectivity index (χ2v) is 6.78. The van der Waals surface area contributed by atoms with Gasteiger partial charge >= 0.3 is 0 Å². The molecule has 2 aromatic heterocycles. The summed E-state index contributed by atoms with van der Waals surface area (Å²) < 4.78 is 0. The molecule has 0 saturated carbocycles. The zero-order valence-electron chi connectivity index (χ0n) is 15.5. The number of amides is 1. The van der Waals surface area contributed by atoms with Crippen molar-refractivity contribution >= 4 is 11.7 Å². The molecule has 0 fully saturated rings. The summed E-state index contributed by atoms with van der Waals surface area (Å²) in [4.78, 5) is 33.6. The van der Waals surface area contributed by atoms with E-state index < -0.39 is 11.8 Å². The highest BCUT2D eigenvalue weighted by Gasteiger charge is 2.40. The molecule has 0 spiro atoms. The monoisotopic (exact) mass is 386 g/mol. The molecule has 0 aromatic carbocycles. The molecule has 2 aromatic rings. The predicted octanol–water partition coefficient (Wildman–Crippen LogP) is 1.92. The van der Waals surface area contributed by atoms with Gasteiger partial charge in [-0.05, 0) is 36.6 Å². The average molecular weight is 386 g/mol. The van der Waals surface area contributed by atoms with Crippen LogP contribution in [0.15, 0.2) is 71.7 Å². The Labute approximate surface area is 167 Å². The number of hydrogen-bond acceptors (Lipinski definition) is 7. The van der Waals surface area contributed by atoms with E-state index in [-0.39, 0.29) is 17.2 Å². The number of hydrogen-bond donors (Lipinski definition) is 2. The van der Waals surface area contributed by atoms with E-state index in [1.807, 2.05) is 6.07 Å². The summed E-state index contributed by atoms with van der Waals surface area (Å²) in [5, 5.41) is 11.2. The van der Waals surface area contributed by atoms with Gasteiger partial charge in [0.05, 0.1) is 17.6 Å².